The maximum Gasteiger partial charge on any atom is 0.248 e. The third-order valence-corrected chi connectivity index (χ3v) is 4.84. The van der Waals surface area contributed by atoms with Crippen molar-refractivity contribution in [3.05, 3.63) is 34.1 Å². The van der Waals surface area contributed by atoms with Gasteiger partial charge in [0, 0.05) is 18.9 Å². The Balaban J connectivity index is 2.03. The quantitative estimate of drug-likeness (QED) is 0.781. The molecule has 5 heteroatoms. The third kappa shape index (κ3) is 4.71. The van der Waals surface area contributed by atoms with Crippen molar-refractivity contribution < 1.29 is 13.2 Å². The average molecular weight is 364 g/mol. The fourth-order valence-electron chi connectivity index (χ4n) is 3.05. The molecule has 1 saturated carbocycles. The minimum atomic E-state index is -2.49. The lowest BCUT2D eigenvalue weighted by atomic mass is 9.80. The predicted octanol–water partition coefficient (Wildman–Crippen LogP) is 4.93. The second kappa shape index (κ2) is 7.14. The van der Waals surface area contributed by atoms with Crippen LogP contribution < -0.4 is 5.32 Å². The summed E-state index contributed by atoms with van der Waals surface area (Å²) in [4.78, 5) is 0. The molecule has 0 radical (unpaired) electrons. The molecule has 1 aromatic rings. The first kappa shape index (κ1) is 16.8. The summed E-state index contributed by atoms with van der Waals surface area (Å²) in [5.74, 6) is -2.52. The van der Waals surface area contributed by atoms with Crippen molar-refractivity contribution in [3.8, 4) is 0 Å². The zero-order valence-corrected chi connectivity index (χ0v) is 13.7. The van der Waals surface area contributed by atoms with Crippen LogP contribution in [0.25, 0.3) is 0 Å². The van der Waals surface area contributed by atoms with E-state index in [4.69, 9.17) is 0 Å². The van der Waals surface area contributed by atoms with Crippen molar-refractivity contribution in [1.29, 1.82) is 0 Å². The summed E-state index contributed by atoms with van der Waals surface area (Å²) in [6.45, 7) is 2.82. The van der Waals surface area contributed by atoms with Gasteiger partial charge in [0.05, 0.1) is 4.47 Å². The van der Waals surface area contributed by atoms with Crippen LogP contribution in [0.5, 0.6) is 0 Å². The van der Waals surface area contributed by atoms with E-state index in [1.165, 1.54) is 6.07 Å². The summed E-state index contributed by atoms with van der Waals surface area (Å²) in [5, 5.41) is 3.41. The fraction of sp³-hybridized carbons (Fsp3) is 0.625. The maximum absolute atomic E-state index is 13.3. The van der Waals surface area contributed by atoms with E-state index >= 15 is 0 Å². The molecule has 0 aliphatic heterocycles. The van der Waals surface area contributed by atoms with E-state index in [1.807, 2.05) is 6.92 Å². The van der Waals surface area contributed by atoms with Crippen molar-refractivity contribution in [3.63, 3.8) is 0 Å². The second-order valence-electron chi connectivity index (χ2n) is 5.81. The summed E-state index contributed by atoms with van der Waals surface area (Å²) in [6, 6.07) is 5.15. The summed E-state index contributed by atoms with van der Waals surface area (Å²) >= 11 is 3.19. The van der Waals surface area contributed by atoms with Gasteiger partial charge in [-0.3, -0.25) is 0 Å². The molecular formula is C16H21BrF3N. The highest BCUT2D eigenvalue weighted by molar-refractivity contribution is 9.10. The van der Waals surface area contributed by atoms with Crippen LogP contribution in [0.3, 0.4) is 0 Å². The van der Waals surface area contributed by atoms with Gasteiger partial charge in [-0.2, -0.15) is 0 Å². The molecule has 1 nitrogen and oxygen atoms in total. The van der Waals surface area contributed by atoms with E-state index in [1.54, 1.807) is 12.1 Å². The molecule has 1 aliphatic rings. The molecule has 1 fully saturated rings. The number of hydrogen-bond acceptors (Lipinski definition) is 1. The Bertz CT molecular complexity index is 469. The van der Waals surface area contributed by atoms with E-state index in [-0.39, 0.29) is 30.6 Å². The molecule has 0 amide bonds. The lowest BCUT2D eigenvalue weighted by Gasteiger charge is -2.34. The summed E-state index contributed by atoms with van der Waals surface area (Å²) in [7, 11) is 0. The zero-order valence-electron chi connectivity index (χ0n) is 12.1. The van der Waals surface area contributed by atoms with Gasteiger partial charge in [0.15, 0.2) is 0 Å². The van der Waals surface area contributed by atoms with Crippen LogP contribution in [0.1, 0.15) is 38.2 Å². The Morgan fingerprint density at radius 3 is 2.57 bits per heavy atom. The van der Waals surface area contributed by atoms with Crippen LogP contribution in [0, 0.1) is 11.7 Å². The molecule has 0 saturated heterocycles. The van der Waals surface area contributed by atoms with Crippen molar-refractivity contribution in [2.24, 2.45) is 5.92 Å². The van der Waals surface area contributed by atoms with Gasteiger partial charge in [-0.15, -0.1) is 0 Å². The highest BCUT2D eigenvalue weighted by atomic mass is 79.9. The Kier molecular flexibility index (Phi) is 5.72. The zero-order chi connectivity index (χ0) is 15.5. The van der Waals surface area contributed by atoms with Gasteiger partial charge in [-0.25, -0.2) is 13.2 Å². The molecule has 118 valence electrons. The summed E-state index contributed by atoms with van der Waals surface area (Å²) in [6.07, 6.45) is 1.79. The Morgan fingerprint density at radius 1 is 1.33 bits per heavy atom. The first-order chi connectivity index (χ1) is 9.91. The number of alkyl halides is 2. The van der Waals surface area contributed by atoms with Gasteiger partial charge in [-0.1, -0.05) is 13.0 Å². The SMILES string of the molecule is CCNC(Cc1ccc(F)c(Br)c1)C1CCC(F)(F)CC1. The second-order valence-corrected chi connectivity index (χ2v) is 6.66. The molecule has 1 aliphatic carbocycles. The van der Waals surface area contributed by atoms with E-state index in [0.29, 0.717) is 17.3 Å². The molecule has 0 aromatic heterocycles. The summed E-state index contributed by atoms with van der Waals surface area (Å²) in [5.41, 5.74) is 1.02. The Hall–Kier alpha value is -0.550. The highest BCUT2D eigenvalue weighted by Crippen LogP contribution is 2.38. The normalized spacial score (nSPS) is 20.4. The van der Waals surface area contributed by atoms with Crippen LogP contribution in [0.2, 0.25) is 0 Å². The Labute approximate surface area is 132 Å². The van der Waals surface area contributed by atoms with Gasteiger partial charge < -0.3 is 5.32 Å². The van der Waals surface area contributed by atoms with Crippen LogP contribution in [0.4, 0.5) is 13.2 Å². The predicted molar refractivity (Wildman–Crippen MR) is 82.2 cm³/mol. The summed E-state index contributed by atoms with van der Waals surface area (Å²) < 4.78 is 40.3. The minimum absolute atomic E-state index is 0.0212. The van der Waals surface area contributed by atoms with Crippen molar-refractivity contribution >= 4 is 15.9 Å². The molecule has 0 spiro atoms. The average Bonchev–Trinajstić information content (AvgIpc) is 2.42. The lowest BCUT2D eigenvalue weighted by molar-refractivity contribution is -0.0494. The molecule has 0 bridgehead atoms. The number of nitrogens with one attached hydrogen (secondary N) is 1. The largest absolute Gasteiger partial charge is 0.314 e. The Morgan fingerprint density at radius 2 is 2.00 bits per heavy atom. The molecule has 1 atom stereocenters. The molecule has 1 aromatic carbocycles. The van der Waals surface area contributed by atoms with Crippen molar-refractivity contribution in [2.75, 3.05) is 6.54 Å². The maximum atomic E-state index is 13.3. The first-order valence-corrected chi connectivity index (χ1v) is 8.26. The first-order valence-electron chi connectivity index (χ1n) is 7.46. The topological polar surface area (TPSA) is 12.0 Å². The lowest BCUT2D eigenvalue weighted by Crippen LogP contribution is -2.41. The minimum Gasteiger partial charge on any atom is -0.314 e. The van der Waals surface area contributed by atoms with Gasteiger partial charge in [0.2, 0.25) is 5.92 Å². The van der Waals surface area contributed by atoms with Crippen LogP contribution in [0.15, 0.2) is 22.7 Å². The molecule has 2 rings (SSSR count). The number of hydrogen-bond donors (Lipinski definition) is 1. The van der Waals surface area contributed by atoms with E-state index in [0.717, 1.165) is 18.5 Å². The number of benzene rings is 1. The molecule has 0 heterocycles. The molecule has 1 unspecified atom stereocenters. The van der Waals surface area contributed by atoms with Crippen molar-refractivity contribution in [1.82, 2.24) is 5.32 Å². The monoisotopic (exact) mass is 363 g/mol. The van der Waals surface area contributed by atoms with E-state index in [9.17, 15) is 13.2 Å². The molecule has 1 N–H and O–H groups in total. The van der Waals surface area contributed by atoms with Crippen LogP contribution in [-0.4, -0.2) is 18.5 Å². The van der Waals surface area contributed by atoms with Crippen LogP contribution in [-0.2, 0) is 6.42 Å². The number of rotatable bonds is 5. The number of likely N-dealkylation sites (N-methyl/N-ethyl adjacent to an activating group) is 1. The standard InChI is InChI=1S/C16H21BrF3N/c1-2-21-15(12-5-7-16(19,20)8-6-12)10-11-3-4-14(18)13(17)9-11/h3-4,9,12,15,21H,2,5-8,10H2,1H3. The van der Waals surface area contributed by atoms with Crippen LogP contribution >= 0.6 is 15.9 Å². The molecular weight excluding hydrogens is 343 g/mol. The highest BCUT2D eigenvalue weighted by Gasteiger charge is 2.37. The van der Waals surface area contributed by atoms with Gasteiger partial charge in [0.1, 0.15) is 5.82 Å². The van der Waals surface area contributed by atoms with Gasteiger partial charge in [-0.05, 0) is 65.4 Å². The van der Waals surface area contributed by atoms with E-state index in [2.05, 4.69) is 21.2 Å². The fourth-order valence-corrected chi connectivity index (χ4v) is 3.48. The smallest absolute Gasteiger partial charge is 0.248 e. The number of halogens is 4. The van der Waals surface area contributed by atoms with Gasteiger partial charge in [0.25, 0.3) is 0 Å². The third-order valence-electron chi connectivity index (χ3n) is 4.24. The van der Waals surface area contributed by atoms with E-state index < -0.39 is 5.92 Å². The van der Waals surface area contributed by atoms with Gasteiger partial charge >= 0.3 is 0 Å². The molecule has 21 heavy (non-hydrogen) atoms. The van der Waals surface area contributed by atoms with Crippen molar-refractivity contribution in [2.45, 2.75) is 51.0 Å².